The van der Waals surface area contributed by atoms with Crippen LogP contribution in [0.4, 0.5) is 5.82 Å². The highest BCUT2D eigenvalue weighted by Gasteiger charge is 2.16. The van der Waals surface area contributed by atoms with E-state index in [9.17, 15) is 0 Å². The van der Waals surface area contributed by atoms with Gasteiger partial charge in [0.1, 0.15) is 0 Å². The van der Waals surface area contributed by atoms with E-state index in [0.29, 0.717) is 0 Å². The van der Waals surface area contributed by atoms with Gasteiger partial charge in [-0.1, -0.05) is 31.0 Å². The first kappa shape index (κ1) is 14.6. The first-order chi connectivity index (χ1) is 11.4. The molecule has 0 aliphatic carbocycles. The van der Waals surface area contributed by atoms with E-state index in [-0.39, 0.29) is 0 Å². The molecule has 1 saturated heterocycles. The first-order valence-electron chi connectivity index (χ1n) is 8.82. The Morgan fingerprint density at radius 1 is 0.913 bits per heavy atom. The van der Waals surface area contributed by atoms with Crippen LogP contribution < -0.4 is 10.2 Å². The Labute approximate surface area is 137 Å². The van der Waals surface area contributed by atoms with Crippen LogP contribution in [0.25, 0.3) is 11.3 Å². The fourth-order valence-corrected chi connectivity index (χ4v) is 3.71. The van der Waals surface area contributed by atoms with Gasteiger partial charge in [-0.3, -0.25) is 0 Å². The minimum atomic E-state index is 0.961. The van der Waals surface area contributed by atoms with E-state index in [1.165, 1.54) is 42.4 Å². The van der Waals surface area contributed by atoms with Crippen LogP contribution in [-0.4, -0.2) is 29.8 Å². The van der Waals surface area contributed by atoms with E-state index in [2.05, 4.69) is 50.7 Å². The van der Waals surface area contributed by atoms with Gasteiger partial charge >= 0.3 is 0 Å². The Hall–Kier alpha value is -1.94. The standard InChI is InChI=1S/C19H24N4/c1-2-4-13-23(12-3-1)19-9-8-18(21-22-19)17-7-5-6-15-14-20-11-10-16(15)17/h5-9,20H,1-4,10-14H2. The molecule has 4 nitrogen and oxygen atoms in total. The zero-order chi connectivity index (χ0) is 15.5. The number of hydrogen-bond acceptors (Lipinski definition) is 4. The van der Waals surface area contributed by atoms with E-state index in [1.54, 1.807) is 0 Å². The molecule has 0 atom stereocenters. The number of aromatic nitrogens is 2. The van der Waals surface area contributed by atoms with Crippen LogP contribution in [0.15, 0.2) is 30.3 Å². The summed E-state index contributed by atoms with van der Waals surface area (Å²) in [5.41, 5.74) is 5.08. The summed E-state index contributed by atoms with van der Waals surface area (Å²) in [6.07, 6.45) is 6.28. The number of nitrogens with zero attached hydrogens (tertiary/aromatic N) is 3. The minimum absolute atomic E-state index is 0.961. The summed E-state index contributed by atoms with van der Waals surface area (Å²) in [5, 5.41) is 12.5. The molecule has 3 heterocycles. The molecule has 1 N–H and O–H groups in total. The molecule has 1 aromatic heterocycles. The number of rotatable bonds is 2. The summed E-state index contributed by atoms with van der Waals surface area (Å²) in [5.74, 6) is 1.03. The van der Waals surface area contributed by atoms with Gasteiger partial charge in [-0.2, -0.15) is 0 Å². The second-order valence-electron chi connectivity index (χ2n) is 6.55. The third-order valence-corrected chi connectivity index (χ3v) is 5.00. The summed E-state index contributed by atoms with van der Waals surface area (Å²) in [6, 6.07) is 10.8. The quantitative estimate of drug-likeness (QED) is 0.925. The lowest BCUT2D eigenvalue weighted by molar-refractivity contribution is 0.644. The Kier molecular flexibility index (Phi) is 4.24. The van der Waals surface area contributed by atoms with Crippen molar-refractivity contribution in [1.82, 2.24) is 15.5 Å². The van der Waals surface area contributed by atoms with Crippen molar-refractivity contribution in [2.75, 3.05) is 24.5 Å². The second kappa shape index (κ2) is 6.67. The van der Waals surface area contributed by atoms with Crippen molar-refractivity contribution in [2.45, 2.75) is 38.6 Å². The van der Waals surface area contributed by atoms with Crippen molar-refractivity contribution < 1.29 is 0 Å². The largest absolute Gasteiger partial charge is 0.355 e. The van der Waals surface area contributed by atoms with Crippen LogP contribution in [-0.2, 0) is 13.0 Å². The smallest absolute Gasteiger partial charge is 0.151 e. The molecule has 0 amide bonds. The molecule has 2 aliphatic heterocycles. The van der Waals surface area contributed by atoms with Gasteiger partial charge in [0.2, 0.25) is 0 Å². The Morgan fingerprint density at radius 3 is 2.57 bits per heavy atom. The Balaban J connectivity index is 1.61. The molecular weight excluding hydrogens is 284 g/mol. The summed E-state index contributed by atoms with van der Waals surface area (Å²) in [4.78, 5) is 2.38. The van der Waals surface area contributed by atoms with Crippen molar-refractivity contribution in [3.05, 3.63) is 41.5 Å². The van der Waals surface area contributed by atoms with Crippen molar-refractivity contribution >= 4 is 5.82 Å². The monoisotopic (exact) mass is 308 g/mol. The summed E-state index contributed by atoms with van der Waals surface area (Å²) in [6.45, 7) is 4.23. The maximum absolute atomic E-state index is 4.55. The van der Waals surface area contributed by atoms with Gasteiger partial charge in [-0.05, 0) is 49.1 Å². The van der Waals surface area contributed by atoms with E-state index in [4.69, 9.17) is 0 Å². The maximum Gasteiger partial charge on any atom is 0.151 e. The highest BCUT2D eigenvalue weighted by molar-refractivity contribution is 5.66. The number of nitrogens with one attached hydrogen (secondary N) is 1. The molecule has 1 fully saturated rings. The van der Waals surface area contributed by atoms with E-state index in [1.807, 2.05) is 0 Å². The molecule has 1 aromatic carbocycles. The van der Waals surface area contributed by atoms with Crippen molar-refractivity contribution in [1.29, 1.82) is 0 Å². The Bertz CT molecular complexity index is 658. The van der Waals surface area contributed by atoms with E-state index < -0.39 is 0 Å². The summed E-state index contributed by atoms with van der Waals surface area (Å²) in [7, 11) is 0. The molecule has 23 heavy (non-hydrogen) atoms. The van der Waals surface area contributed by atoms with Crippen LogP contribution >= 0.6 is 0 Å². The number of fused-ring (bicyclic) bond motifs is 1. The third kappa shape index (κ3) is 3.08. The van der Waals surface area contributed by atoms with Gasteiger partial charge in [-0.25, -0.2) is 0 Å². The Morgan fingerprint density at radius 2 is 1.78 bits per heavy atom. The zero-order valence-corrected chi connectivity index (χ0v) is 13.6. The van der Waals surface area contributed by atoms with Crippen molar-refractivity contribution in [3.63, 3.8) is 0 Å². The molecule has 0 spiro atoms. The summed E-state index contributed by atoms with van der Waals surface area (Å²) < 4.78 is 0. The van der Waals surface area contributed by atoms with Crippen molar-refractivity contribution in [3.8, 4) is 11.3 Å². The minimum Gasteiger partial charge on any atom is -0.355 e. The number of anilines is 1. The lowest BCUT2D eigenvalue weighted by Crippen LogP contribution is -2.25. The SMILES string of the molecule is c1cc2c(c(-c3ccc(N4CCCCCC4)nn3)c1)CCNC2. The van der Waals surface area contributed by atoms with Gasteiger partial charge in [-0.15, -0.1) is 10.2 Å². The fourth-order valence-electron chi connectivity index (χ4n) is 3.71. The molecule has 0 unspecified atom stereocenters. The first-order valence-corrected chi connectivity index (χ1v) is 8.82. The molecule has 4 rings (SSSR count). The van der Waals surface area contributed by atoms with Crippen molar-refractivity contribution in [2.24, 2.45) is 0 Å². The van der Waals surface area contributed by atoms with Crippen LogP contribution in [0.3, 0.4) is 0 Å². The lowest BCUT2D eigenvalue weighted by Gasteiger charge is -2.22. The normalized spacial score (nSPS) is 18.3. The second-order valence-corrected chi connectivity index (χ2v) is 6.55. The van der Waals surface area contributed by atoms with E-state index >= 15 is 0 Å². The molecule has 120 valence electrons. The summed E-state index contributed by atoms with van der Waals surface area (Å²) >= 11 is 0. The van der Waals surface area contributed by atoms with Crippen LogP contribution in [0.2, 0.25) is 0 Å². The van der Waals surface area contributed by atoms with E-state index in [0.717, 1.165) is 44.1 Å². The topological polar surface area (TPSA) is 41.1 Å². The fraction of sp³-hybridized carbons (Fsp3) is 0.474. The predicted molar refractivity (Wildman–Crippen MR) is 93.6 cm³/mol. The molecule has 0 saturated carbocycles. The maximum atomic E-state index is 4.55. The molecule has 2 aromatic rings. The van der Waals surface area contributed by atoms with Gasteiger partial charge in [0.15, 0.2) is 5.82 Å². The number of benzene rings is 1. The van der Waals surface area contributed by atoms with Crippen LogP contribution in [0.5, 0.6) is 0 Å². The molecule has 2 aliphatic rings. The average molecular weight is 308 g/mol. The number of hydrogen-bond donors (Lipinski definition) is 1. The zero-order valence-electron chi connectivity index (χ0n) is 13.6. The van der Waals surface area contributed by atoms with Crippen LogP contribution in [0, 0.1) is 0 Å². The highest BCUT2D eigenvalue weighted by Crippen LogP contribution is 2.27. The predicted octanol–water partition coefficient (Wildman–Crippen LogP) is 3.17. The molecule has 0 bridgehead atoms. The van der Waals surface area contributed by atoms with Gasteiger partial charge in [0, 0.05) is 25.2 Å². The van der Waals surface area contributed by atoms with Gasteiger partial charge in [0.05, 0.1) is 5.69 Å². The molecule has 4 heteroatoms. The third-order valence-electron chi connectivity index (χ3n) is 5.00. The molecular formula is C19H24N4. The van der Waals surface area contributed by atoms with Crippen LogP contribution in [0.1, 0.15) is 36.8 Å². The highest BCUT2D eigenvalue weighted by atomic mass is 15.3. The molecule has 0 radical (unpaired) electrons. The lowest BCUT2D eigenvalue weighted by atomic mass is 9.94. The van der Waals surface area contributed by atoms with Gasteiger partial charge in [0.25, 0.3) is 0 Å². The van der Waals surface area contributed by atoms with Gasteiger partial charge < -0.3 is 10.2 Å². The average Bonchev–Trinajstić information content (AvgIpc) is 2.91.